The number of hydrogen-bond donors (Lipinski definition) is 1. The van der Waals surface area contributed by atoms with E-state index >= 15 is 0 Å². The summed E-state index contributed by atoms with van der Waals surface area (Å²) in [5, 5.41) is 2.79. The Morgan fingerprint density at radius 3 is 2.71 bits per heavy atom. The van der Waals surface area contributed by atoms with Crippen molar-refractivity contribution in [2.75, 3.05) is 20.3 Å². The first-order chi connectivity index (χ1) is 11.6. The Bertz CT molecular complexity index is 692. The molecule has 128 valence electrons. The molecule has 0 saturated heterocycles. The number of amides is 1. The number of halogens is 2. The van der Waals surface area contributed by atoms with Crippen LogP contribution in [0.2, 0.25) is 0 Å². The molecule has 0 spiro atoms. The number of carbonyl (C=O) groups excluding carboxylic acids is 1. The Balaban J connectivity index is 2.01. The Morgan fingerprint density at radius 2 is 1.96 bits per heavy atom. The molecule has 2 aromatic carbocycles. The van der Waals surface area contributed by atoms with Gasteiger partial charge in [0.05, 0.1) is 0 Å². The van der Waals surface area contributed by atoms with Gasteiger partial charge in [-0.05, 0) is 24.6 Å². The maximum atomic E-state index is 13.6. The van der Waals surface area contributed by atoms with Crippen molar-refractivity contribution in [3.63, 3.8) is 0 Å². The fourth-order valence-electron chi connectivity index (χ4n) is 2.13. The molecule has 0 aromatic heterocycles. The molecular weight excluding hydrogens is 316 g/mol. The molecular formula is C18H19F2NO3. The van der Waals surface area contributed by atoms with Gasteiger partial charge in [-0.1, -0.05) is 18.2 Å². The molecule has 24 heavy (non-hydrogen) atoms. The van der Waals surface area contributed by atoms with Crippen LogP contribution < -0.4 is 10.1 Å². The summed E-state index contributed by atoms with van der Waals surface area (Å²) >= 11 is 0. The van der Waals surface area contributed by atoms with Gasteiger partial charge in [-0.25, -0.2) is 8.78 Å². The molecule has 1 amide bonds. The minimum Gasteiger partial charge on any atom is -0.486 e. The third-order valence-corrected chi connectivity index (χ3v) is 3.35. The largest absolute Gasteiger partial charge is 0.486 e. The monoisotopic (exact) mass is 335 g/mol. The van der Waals surface area contributed by atoms with Crippen LogP contribution in [-0.2, 0) is 11.3 Å². The number of methoxy groups -OCH3 is 1. The highest BCUT2D eigenvalue weighted by Gasteiger charge is 2.12. The molecule has 0 atom stereocenters. The minimum absolute atomic E-state index is 0.00418. The van der Waals surface area contributed by atoms with Crippen LogP contribution in [0.1, 0.15) is 22.3 Å². The van der Waals surface area contributed by atoms with E-state index in [1.165, 1.54) is 6.07 Å². The van der Waals surface area contributed by atoms with Crippen LogP contribution in [0.25, 0.3) is 0 Å². The number of carbonyl (C=O) groups is 1. The molecule has 2 rings (SSSR count). The highest BCUT2D eigenvalue weighted by Crippen LogP contribution is 2.20. The second-order valence-electron chi connectivity index (χ2n) is 5.12. The van der Waals surface area contributed by atoms with E-state index in [2.05, 4.69) is 5.32 Å². The van der Waals surface area contributed by atoms with Gasteiger partial charge in [-0.15, -0.1) is 0 Å². The average molecular weight is 335 g/mol. The van der Waals surface area contributed by atoms with E-state index in [1.807, 2.05) is 0 Å². The molecule has 0 bridgehead atoms. The zero-order chi connectivity index (χ0) is 17.4. The number of rotatable bonds is 8. The smallest absolute Gasteiger partial charge is 0.251 e. The first-order valence-electron chi connectivity index (χ1n) is 7.54. The first-order valence-corrected chi connectivity index (χ1v) is 7.54. The predicted molar refractivity (Wildman–Crippen MR) is 86.0 cm³/mol. The lowest BCUT2D eigenvalue weighted by atomic mass is 10.1. The number of nitrogens with one attached hydrogen (secondary N) is 1. The average Bonchev–Trinajstić information content (AvgIpc) is 2.58. The third-order valence-electron chi connectivity index (χ3n) is 3.35. The quantitative estimate of drug-likeness (QED) is 0.753. The molecule has 4 nitrogen and oxygen atoms in total. The van der Waals surface area contributed by atoms with Crippen molar-refractivity contribution >= 4 is 5.91 Å². The van der Waals surface area contributed by atoms with E-state index in [0.717, 1.165) is 12.1 Å². The van der Waals surface area contributed by atoms with Gasteiger partial charge in [0.1, 0.15) is 12.4 Å². The Kier molecular flexibility index (Phi) is 6.69. The van der Waals surface area contributed by atoms with Crippen LogP contribution in [0.4, 0.5) is 8.78 Å². The van der Waals surface area contributed by atoms with E-state index in [4.69, 9.17) is 9.47 Å². The molecule has 0 aliphatic rings. The number of hydrogen-bond acceptors (Lipinski definition) is 3. The van der Waals surface area contributed by atoms with Crippen molar-refractivity contribution in [2.45, 2.75) is 13.0 Å². The fourth-order valence-corrected chi connectivity index (χ4v) is 2.13. The van der Waals surface area contributed by atoms with Crippen molar-refractivity contribution in [1.29, 1.82) is 0 Å². The van der Waals surface area contributed by atoms with Gasteiger partial charge in [0.15, 0.2) is 11.6 Å². The zero-order valence-corrected chi connectivity index (χ0v) is 13.4. The fraction of sp³-hybridized carbons (Fsp3) is 0.278. The van der Waals surface area contributed by atoms with Gasteiger partial charge in [0, 0.05) is 37.5 Å². The maximum absolute atomic E-state index is 13.6. The van der Waals surface area contributed by atoms with E-state index < -0.39 is 11.6 Å². The summed E-state index contributed by atoms with van der Waals surface area (Å²) in [5.41, 5.74) is 1.07. The topological polar surface area (TPSA) is 47.6 Å². The molecule has 0 radical (unpaired) electrons. The third kappa shape index (κ3) is 5.03. The van der Waals surface area contributed by atoms with Gasteiger partial charge in [0.2, 0.25) is 0 Å². The molecule has 0 aliphatic carbocycles. The molecule has 6 heteroatoms. The normalized spacial score (nSPS) is 10.5. The van der Waals surface area contributed by atoms with Crippen LogP contribution in [0.15, 0.2) is 42.5 Å². The van der Waals surface area contributed by atoms with E-state index in [1.54, 1.807) is 31.4 Å². The summed E-state index contributed by atoms with van der Waals surface area (Å²) in [6.45, 7) is 1.06. The second-order valence-corrected chi connectivity index (χ2v) is 5.12. The summed E-state index contributed by atoms with van der Waals surface area (Å²) < 4.78 is 36.8. The van der Waals surface area contributed by atoms with Crippen molar-refractivity contribution in [2.24, 2.45) is 0 Å². The van der Waals surface area contributed by atoms with Gasteiger partial charge < -0.3 is 14.8 Å². The molecule has 2 aromatic rings. The number of ether oxygens (including phenoxy) is 2. The highest BCUT2D eigenvalue weighted by molar-refractivity contribution is 5.95. The summed E-state index contributed by atoms with van der Waals surface area (Å²) in [6.07, 6.45) is 0.710. The first kappa shape index (κ1) is 17.9. The molecule has 0 aliphatic heterocycles. The maximum Gasteiger partial charge on any atom is 0.251 e. The molecule has 0 fully saturated rings. The molecule has 0 unspecified atom stereocenters. The lowest BCUT2D eigenvalue weighted by Gasteiger charge is -2.12. The van der Waals surface area contributed by atoms with E-state index in [9.17, 15) is 13.6 Å². The SMILES string of the molecule is COCCCNC(=O)c1ccccc1COc1ccc(F)cc1F. The highest BCUT2D eigenvalue weighted by atomic mass is 19.1. The van der Waals surface area contributed by atoms with E-state index in [-0.39, 0.29) is 18.3 Å². The standard InChI is InChI=1S/C18H19F2NO3/c1-23-10-4-9-21-18(22)15-6-3-2-5-13(15)12-24-17-8-7-14(19)11-16(17)20/h2-3,5-8,11H,4,9-10,12H2,1H3,(H,21,22). The molecule has 0 saturated carbocycles. The lowest BCUT2D eigenvalue weighted by Crippen LogP contribution is -2.26. The lowest BCUT2D eigenvalue weighted by molar-refractivity contribution is 0.0946. The Hall–Kier alpha value is -2.47. The predicted octanol–water partition coefficient (Wildman–Crippen LogP) is 3.31. The van der Waals surface area contributed by atoms with Gasteiger partial charge in [0.25, 0.3) is 5.91 Å². The Morgan fingerprint density at radius 1 is 1.17 bits per heavy atom. The van der Waals surface area contributed by atoms with Gasteiger partial charge in [-0.2, -0.15) is 0 Å². The molecule has 1 N–H and O–H groups in total. The van der Waals surface area contributed by atoms with Gasteiger partial charge >= 0.3 is 0 Å². The molecule has 0 heterocycles. The van der Waals surface area contributed by atoms with Crippen molar-refractivity contribution in [1.82, 2.24) is 5.32 Å². The van der Waals surface area contributed by atoms with Crippen LogP contribution in [0, 0.1) is 11.6 Å². The second kappa shape index (κ2) is 8.98. The van der Waals surface area contributed by atoms with Crippen LogP contribution >= 0.6 is 0 Å². The van der Waals surface area contributed by atoms with Crippen molar-refractivity contribution in [3.05, 3.63) is 65.2 Å². The van der Waals surface area contributed by atoms with Crippen molar-refractivity contribution < 1.29 is 23.0 Å². The summed E-state index contributed by atoms with van der Waals surface area (Å²) in [5.74, 6) is -1.75. The van der Waals surface area contributed by atoms with Crippen LogP contribution in [0.3, 0.4) is 0 Å². The summed E-state index contributed by atoms with van der Waals surface area (Å²) in [6, 6.07) is 10.00. The minimum atomic E-state index is -0.781. The Labute approximate surface area is 139 Å². The summed E-state index contributed by atoms with van der Waals surface area (Å²) in [7, 11) is 1.60. The number of benzene rings is 2. The van der Waals surface area contributed by atoms with E-state index in [0.29, 0.717) is 30.7 Å². The summed E-state index contributed by atoms with van der Waals surface area (Å²) in [4.78, 5) is 12.2. The van der Waals surface area contributed by atoms with Gasteiger partial charge in [-0.3, -0.25) is 4.79 Å². The zero-order valence-electron chi connectivity index (χ0n) is 13.4. The van der Waals surface area contributed by atoms with Crippen LogP contribution in [0.5, 0.6) is 5.75 Å². The van der Waals surface area contributed by atoms with Crippen molar-refractivity contribution in [3.8, 4) is 5.75 Å². The van der Waals surface area contributed by atoms with Crippen LogP contribution in [-0.4, -0.2) is 26.2 Å².